The minimum absolute atomic E-state index is 0.0122. The van der Waals surface area contributed by atoms with Crippen molar-refractivity contribution >= 4 is 50.9 Å². The van der Waals surface area contributed by atoms with Gasteiger partial charge in [-0.2, -0.15) is 5.26 Å². The molecule has 2 N–H and O–H groups in total. The number of aliphatic hydroxyl groups is 1. The number of benzene rings is 2. The molecule has 2 saturated carbocycles. The molecule has 5 aromatic rings. The zero-order valence-corrected chi connectivity index (χ0v) is 29.8. The van der Waals surface area contributed by atoms with Crippen molar-refractivity contribution < 1.29 is 14.3 Å². The molecule has 0 radical (unpaired) electrons. The Morgan fingerprint density at radius 1 is 1.16 bits per heavy atom. The summed E-state index contributed by atoms with van der Waals surface area (Å²) >= 11 is 13.1. The van der Waals surface area contributed by atoms with Gasteiger partial charge in [0.2, 0.25) is 5.91 Å². The van der Waals surface area contributed by atoms with Crippen LogP contribution in [-0.4, -0.2) is 59.6 Å². The number of aromatic nitrogens is 5. The molecule has 6 heterocycles. The number of hydrogen-bond donors (Lipinski definition) is 2. The van der Waals surface area contributed by atoms with Crippen molar-refractivity contribution in [1.82, 2.24) is 34.8 Å². The number of carbonyl (C=O) groups is 1. The van der Waals surface area contributed by atoms with Crippen molar-refractivity contribution in [3.05, 3.63) is 74.5 Å². The van der Waals surface area contributed by atoms with Gasteiger partial charge in [0.1, 0.15) is 5.52 Å². The van der Waals surface area contributed by atoms with Gasteiger partial charge in [0.05, 0.1) is 57.8 Å². The lowest BCUT2D eigenvalue weighted by molar-refractivity contribution is -0.133. The highest BCUT2D eigenvalue weighted by atomic mass is 35.5. The van der Waals surface area contributed by atoms with Crippen LogP contribution in [0.3, 0.4) is 0 Å². The maximum Gasteiger partial charge on any atom is 0.226 e. The summed E-state index contributed by atoms with van der Waals surface area (Å²) in [5, 5.41) is 34.3. The number of nitriles is 1. The Morgan fingerprint density at radius 2 is 1.98 bits per heavy atom. The van der Waals surface area contributed by atoms with Crippen molar-refractivity contribution in [3.63, 3.8) is 0 Å². The molecule has 3 aromatic heterocycles. The monoisotopic (exact) mass is 726 g/mol. The number of pyridine rings is 1. The first-order valence-corrected chi connectivity index (χ1v) is 18.5. The van der Waals surface area contributed by atoms with Crippen molar-refractivity contribution in [2.45, 2.75) is 83.1 Å². The molecule has 51 heavy (non-hydrogen) atoms. The van der Waals surface area contributed by atoms with E-state index in [1.54, 1.807) is 22.9 Å². The molecule has 1 amide bonds. The van der Waals surface area contributed by atoms with Crippen molar-refractivity contribution in [3.8, 4) is 17.2 Å². The molecule has 0 spiro atoms. The van der Waals surface area contributed by atoms with Crippen molar-refractivity contribution in [2.75, 3.05) is 13.1 Å². The van der Waals surface area contributed by atoms with E-state index in [4.69, 9.17) is 28.2 Å². The average Bonchev–Trinajstić information content (AvgIpc) is 3.53. The van der Waals surface area contributed by atoms with E-state index < -0.39 is 5.82 Å². The zero-order chi connectivity index (χ0) is 35.3. The highest BCUT2D eigenvalue weighted by Gasteiger charge is 2.51. The average molecular weight is 728 g/mol. The first-order chi connectivity index (χ1) is 24.7. The van der Waals surface area contributed by atoms with Crippen LogP contribution >= 0.6 is 23.2 Å². The largest absolute Gasteiger partial charge is 0.390 e. The van der Waals surface area contributed by atoms with Gasteiger partial charge in [-0.3, -0.25) is 4.79 Å². The fraction of sp³-hybridized carbons (Fsp3) is 0.447. The fourth-order valence-electron chi connectivity index (χ4n) is 9.05. The van der Waals surface area contributed by atoms with E-state index in [-0.39, 0.29) is 59.6 Å². The second-order valence-corrected chi connectivity index (χ2v) is 15.5. The lowest BCUT2D eigenvalue weighted by Gasteiger charge is -2.39. The van der Waals surface area contributed by atoms with Gasteiger partial charge in [0.15, 0.2) is 5.82 Å². The normalized spacial score (nSPS) is 24.1. The SMILES string of the molecule is Cc1nnn(C2CC(c3cc4c(C)nc5c(F)c(-c6cccc(Cl)c6Cl)c(CCC#N)cc5c4n3C3C4CNC3C4)N(C(=O)C3CC3)C2)c1CO. The second kappa shape index (κ2) is 12.3. The van der Waals surface area contributed by atoms with Crippen LogP contribution in [-0.2, 0) is 17.8 Å². The molecule has 5 unspecified atom stereocenters. The Kier molecular flexibility index (Phi) is 7.89. The highest BCUT2D eigenvalue weighted by Crippen LogP contribution is 2.52. The Bertz CT molecular complexity index is 2300. The first kappa shape index (κ1) is 32.8. The van der Waals surface area contributed by atoms with Gasteiger partial charge >= 0.3 is 0 Å². The van der Waals surface area contributed by atoms with Gasteiger partial charge < -0.3 is 19.9 Å². The van der Waals surface area contributed by atoms with Gasteiger partial charge in [0, 0.05) is 64.8 Å². The minimum atomic E-state index is -0.497. The number of rotatable bonds is 8. The Morgan fingerprint density at radius 3 is 2.69 bits per heavy atom. The van der Waals surface area contributed by atoms with E-state index in [0.29, 0.717) is 69.5 Å². The number of nitrogens with one attached hydrogen (secondary N) is 1. The topological polar surface area (TPSA) is 125 Å². The van der Waals surface area contributed by atoms with Crippen molar-refractivity contribution in [1.29, 1.82) is 5.26 Å². The van der Waals surface area contributed by atoms with Crippen LogP contribution in [0.1, 0.15) is 78.6 Å². The molecule has 3 saturated heterocycles. The molecule has 262 valence electrons. The number of carbonyl (C=O) groups excluding carboxylic acids is 1. The Labute approximate surface area is 304 Å². The molecular weight excluding hydrogens is 690 g/mol. The molecular formula is C38H37Cl2FN8O2. The number of amides is 1. The predicted octanol–water partition coefficient (Wildman–Crippen LogP) is 6.92. The van der Waals surface area contributed by atoms with E-state index in [1.807, 2.05) is 24.8 Å². The molecule has 5 fully saturated rings. The summed E-state index contributed by atoms with van der Waals surface area (Å²) in [6.07, 6.45) is 3.94. The highest BCUT2D eigenvalue weighted by molar-refractivity contribution is 6.43. The van der Waals surface area contributed by atoms with Crippen LogP contribution in [0.25, 0.3) is 32.9 Å². The summed E-state index contributed by atoms with van der Waals surface area (Å²) < 4.78 is 21.4. The standard InChI is InChI=1S/C38H37Cl2FN8O2/c1-18-25-14-30(29-13-23(16-47(29)38(51)20-8-9-20)49-31(17-50)19(2)45-46-49)48(36-22-12-28(36)43-15-22)37(25)26-11-21(5-4-10-42)32(34(41)35(26)44-18)24-6-3-7-27(39)33(24)40/h3,6-7,11,14,20,22-23,28-29,36,43,50H,4-5,8-9,12-13,15-17H2,1-2H3. The van der Waals surface area contributed by atoms with Gasteiger partial charge in [-0.25, -0.2) is 14.1 Å². The van der Waals surface area contributed by atoms with Crippen LogP contribution in [0, 0.1) is 42.8 Å². The van der Waals surface area contributed by atoms with Gasteiger partial charge in [0.25, 0.3) is 0 Å². The van der Waals surface area contributed by atoms with E-state index >= 15 is 4.39 Å². The second-order valence-electron chi connectivity index (χ2n) is 14.7. The maximum atomic E-state index is 17.2. The van der Waals surface area contributed by atoms with Crippen LogP contribution in [0.15, 0.2) is 30.3 Å². The van der Waals surface area contributed by atoms with Crippen molar-refractivity contribution in [2.24, 2.45) is 11.8 Å². The van der Waals surface area contributed by atoms with Crippen LogP contribution < -0.4 is 5.32 Å². The number of fused-ring (bicyclic) bond motifs is 4. The zero-order valence-electron chi connectivity index (χ0n) is 28.3. The number of aliphatic hydroxyl groups excluding tert-OH is 1. The van der Waals surface area contributed by atoms with E-state index in [9.17, 15) is 15.2 Å². The molecule has 2 bridgehead atoms. The number of hydrogen-bond acceptors (Lipinski definition) is 7. The summed E-state index contributed by atoms with van der Waals surface area (Å²) in [6, 6.07) is 11.5. The third-order valence-electron chi connectivity index (χ3n) is 11.7. The first-order valence-electron chi connectivity index (χ1n) is 17.7. The molecule has 2 aromatic carbocycles. The minimum Gasteiger partial charge on any atom is -0.390 e. The summed E-state index contributed by atoms with van der Waals surface area (Å²) in [5.74, 6) is 0.0504. The molecule has 13 heteroatoms. The third kappa shape index (κ3) is 5.01. The van der Waals surface area contributed by atoms with Gasteiger partial charge in [-0.05, 0) is 75.6 Å². The number of nitrogens with zero attached hydrogens (tertiary/aromatic N) is 7. The molecule has 2 aliphatic carbocycles. The number of aryl methyl sites for hydroxylation is 3. The Hall–Kier alpha value is -4.08. The molecule has 10 rings (SSSR count). The summed E-state index contributed by atoms with van der Waals surface area (Å²) in [5.41, 5.74) is 5.58. The third-order valence-corrected chi connectivity index (χ3v) is 12.6. The predicted molar refractivity (Wildman–Crippen MR) is 192 cm³/mol. The van der Waals surface area contributed by atoms with E-state index in [2.05, 4.69) is 32.3 Å². The molecule has 5 aliphatic rings. The maximum absolute atomic E-state index is 17.2. The van der Waals surface area contributed by atoms with Gasteiger partial charge in [-0.15, -0.1) is 5.10 Å². The molecule has 10 nitrogen and oxygen atoms in total. The number of likely N-dealkylation sites (tertiary alicyclic amines) is 1. The van der Waals surface area contributed by atoms with Gasteiger partial charge in [-0.1, -0.05) is 40.5 Å². The van der Waals surface area contributed by atoms with E-state index in [0.717, 1.165) is 42.4 Å². The lowest BCUT2D eigenvalue weighted by Crippen LogP contribution is -2.41. The molecule has 3 aliphatic heterocycles. The van der Waals surface area contributed by atoms with Crippen LogP contribution in [0.2, 0.25) is 10.0 Å². The quantitative estimate of drug-likeness (QED) is 0.178. The lowest BCUT2D eigenvalue weighted by atomic mass is 9.79. The molecule has 5 atom stereocenters. The smallest absolute Gasteiger partial charge is 0.226 e. The summed E-state index contributed by atoms with van der Waals surface area (Å²) in [6.45, 7) is 4.91. The number of halogens is 3. The van der Waals surface area contributed by atoms with Crippen LogP contribution in [0.4, 0.5) is 4.39 Å². The Balaban J connectivity index is 1.29. The van der Waals surface area contributed by atoms with E-state index in [1.165, 1.54) is 0 Å². The fourth-order valence-corrected chi connectivity index (χ4v) is 9.45. The van der Waals surface area contributed by atoms with Crippen LogP contribution in [0.5, 0.6) is 0 Å². The summed E-state index contributed by atoms with van der Waals surface area (Å²) in [4.78, 5) is 21.0. The summed E-state index contributed by atoms with van der Waals surface area (Å²) in [7, 11) is 0.